The van der Waals surface area contributed by atoms with E-state index in [1.54, 1.807) is 0 Å². The monoisotopic (exact) mass is 199 g/mol. The van der Waals surface area contributed by atoms with Gasteiger partial charge in [-0.15, -0.1) is 0 Å². The first kappa shape index (κ1) is 9.77. The number of aliphatic hydroxyl groups excluding tert-OH is 1. The normalized spacial score (nSPS) is 33.9. The van der Waals surface area contributed by atoms with E-state index >= 15 is 0 Å². The summed E-state index contributed by atoms with van der Waals surface area (Å²) in [6, 6.07) is 0.0350. The molecule has 0 aromatic rings. The van der Waals surface area contributed by atoms with Gasteiger partial charge in [-0.05, 0) is 18.8 Å². The van der Waals surface area contributed by atoms with Gasteiger partial charge in [-0.2, -0.15) is 0 Å². The van der Waals surface area contributed by atoms with Gasteiger partial charge in [0, 0.05) is 0 Å². The Morgan fingerprint density at radius 2 is 2.07 bits per heavy atom. The number of rotatable bonds is 2. The van der Waals surface area contributed by atoms with Gasteiger partial charge in [0.1, 0.15) is 6.10 Å². The number of hydrogen-bond donors (Lipinski definition) is 2. The van der Waals surface area contributed by atoms with Gasteiger partial charge >= 0.3 is 6.09 Å². The molecule has 1 saturated heterocycles. The van der Waals surface area contributed by atoms with Crippen LogP contribution in [0, 0.1) is 5.92 Å². The van der Waals surface area contributed by atoms with Gasteiger partial charge in [0.15, 0.2) is 0 Å². The van der Waals surface area contributed by atoms with Crippen molar-refractivity contribution in [2.24, 2.45) is 5.92 Å². The Labute approximate surface area is 83.6 Å². The minimum Gasteiger partial charge on any atom is -0.442 e. The van der Waals surface area contributed by atoms with E-state index in [-0.39, 0.29) is 24.8 Å². The molecule has 2 unspecified atom stereocenters. The first-order valence-corrected chi connectivity index (χ1v) is 5.39. The molecule has 0 spiro atoms. The summed E-state index contributed by atoms with van der Waals surface area (Å²) in [5.41, 5.74) is 0. The van der Waals surface area contributed by atoms with E-state index in [1.165, 1.54) is 19.3 Å². The molecule has 0 radical (unpaired) electrons. The minimum atomic E-state index is -0.375. The number of alkyl carbamates (subject to hydrolysis) is 1. The summed E-state index contributed by atoms with van der Waals surface area (Å²) < 4.78 is 4.98. The second kappa shape index (κ2) is 4.17. The molecule has 1 aliphatic carbocycles. The zero-order chi connectivity index (χ0) is 9.97. The van der Waals surface area contributed by atoms with Crippen LogP contribution in [-0.4, -0.2) is 30.0 Å². The summed E-state index contributed by atoms with van der Waals surface area (Å²) in [6.07, 6.45) is 5.34. The van der Waals surface area contributed by atoms with E-state index in [9.17, 15) is 4.79 Å². The Morgan fingerprint density at radius 1 is 1.36 bits per heavy atom. The van der Waals surface area contributed by atoms with Crippen LogP contribution < -0.4 is 5.32 Å². The number of cyclic esters (lactones) is 1. The fourth-order valence-corrected chi connectivity index (χ4v) is 2.54. The highest BCUT2D eigenvalue weighted by molar-refractivity contribution is 5.70. The molecule has 2 aliphatic rings. The van der Waals surface area contributed by atoms with Crippen molar-refractivity contribution >= 4 is 6.09 Å². The lowest BCUT2D eigenvalue weighted by molar-refractivity contribution is 0.0678. The minimum absolute atomic E-state index is 0.0350. The van der Waals surface area contributed by atoms with Crippen LogP contribution in [0.3, 0.4) is 0 Å². The lowest BCUT2D eigenvalue weighted by Gasteiger charge is -2.28. The van der Waals surface area contributed by atoms with Gasteiger partial charge in [0.05, 0.1) is 12.6 Å². The molecule has 2 atom stereocenters. The number of ether oxygens (including phenoxy) is 1. The summed E-state index contributed by atoms with van der Waals surface area (Å²) in [7, 11) is 0. The van der Waals surface area contributed by atoms with Crippen LogP contribution >= 0.6 is 0 Å². The zero-order valence-electron chi connectivity index (χ0n) is 8.24. The molecule has 14 heavy (non-hydrogen) atoms. The van der Waals surface area contributed by atoms with E-state index in [4.69, 9.17) is 9.84 Å². The predicted octanol–water partition coefficient (Wildman–Crippen LogP) is 1.04. The van der Waals surface area contributed by atoms with E-state index in [0.29, 0.717) is 5.92 Å². The summed E-state index contributed by atoms with van der Waals surface area (Å²) in [5, 5.41) is 11.9. The Kier molecular flexibility index (Phi) is 2.91. The van der Waals surface area contributed by atoms with Crippen molar-refractivity contribution in [1.29, 1.82) is 0 Å². The smallest absolute Gasteiger partial charge is 0.407 e. The fraction of sp³-hybridized carbons (Fsp3) is 0.900. The average Bonchev–Trinajstić information content (AvgIpc) is 2.61. The Bertz CT molecular complexity index is 213. The quantitative estimate of drug-likeness (QED) is 0.698. The van der Waals surface area contributed by atoms with E-state index < -0.39 is 0 Å². The molecule has 2 N–H and O–H groups in total. The van der Waals surface area contributed by atoms with Gasteiger partial charge in [0.25, 0.3) is 0 Å². The van der Waals surface area contributed by atoms with Crippen molar-refractivity contribution < 1.29 is 14.6 Å². The number of carbonyl (C=O) groups is 1. The summed E-state index contributed by atoms with van der Waals surface area (Å²) in [6.45, 7) is -0.0695. The van der Waals surface area contributed by atoms with Crippen LogP contribution in [0.5, 0.6) is 0 Å². The molecule has 0 aromatic heterocycles. The van der Waals surface area contributed by atoms with E-state index in [2.05, 4.69) is 5.32 Å². The van der Waals surface area contributed by atoms with Crippen LogP contribution in [-0.2, 0) is 4.74 Å². The predicted molar refractivity (Wildman–Crippen MR) is 50.9 cm³/mol. The van der Waals surface area contributed by atoms with Crippen LogP contribution in [0.15, 0.2) is 0 Å². The van der Waals surface area contributed by atoms with Gasteiger partial charge in [-0.1, -0.05) is 19.3 Å². The average molecular weight is 199 g/mol. The number of hydrogen-bond acceptors (Lipinski definition) is 3. The first-order valence-electron chi connectivity index (χ1n) is 5.39. The van der Waals surface area contributed by atoms with Crippen molar-refractivity contribution in [2.45, 2.75) is 44.2 Å². The molecule has 2 rings (SSSR count). The molecule has 1 amide bonds. The van der Waals surface area contributed by atoms with Gasteiger partial charge in [0.2, 0.25) is 0 Å². The molecule has 4 nitrogen and oxygen atoms in total. The standard InChI is InChI=1S/C10H17NO3/c12-6-8-9(11-10(13)14-8)7-4-2-1-3-5-7/h7-9,12H,1-6H2,(H,11,13). The highest BCUT2D eigenvalue weighted by Gasteiger charge is 2.38. The lowest BCUT2D eigenvalue weighted by Crippen LogP contribution is -2.41. The molecular weight excluding hydrogens is 182 g/mol. The van der Waals surface area contributed by atoms with Crippen LogP contribution in [0.1, 0.15) is 32.1 Å². The van der Waals surface area contributed by atoms with E-state index in [1.807, 2.05) is 0 Å². The first-order chi connectivity index (χ1) is 6.81. The summed E-state index contributed by atoms with van der Waals surface area (Å²) in [5.74, 6) is 0.493. The second-order valence-corrected chi connectivity index (χ2v) is 4.19. The van der Waals surface area contributed by atoms with E-state index in [0.717, 1.165) is 12.8 Å². The third kappa shape index (κ3) is 1.85. The second-order valence-electron chi connectivity index (χ2n) is 4.19. The highest BCUT2D eigenvalue weighted by atomic mass is 16.6. The maximum atomic E-state index is 11.0. The summed E-state index contributed by atoms with van der Waals surface area (Å²) in [4.78, 5) is 11.0. The summed E-state index contributed by atoms with van der Waals surface area (Å²) >= 11 is 0. The Hall–Kier alpha value is -0.770. The largest absolute Gasteiger partial charge is 0.442 e. The van der Waals surface area contributed by atoms with Crippen molar-refractivity contribution in [3.05, 3.63) is 0 Å². The number of aliphatic hydroxyl groups is 1. The number of nitrogens with one attached hydrogen (secondary N) is 1. The van der Waals surface area contributed by atoms with Gasteiger partial charge in [-0.3, -0.25) is 0 Å². The molecule has 1 aliphatic heterocycles. The molecule has 0 bridgehead atoms. The van der Waals surface area contributed by atoms with Gasteiger partial charge < -0.3 is 15.2 Å². The van der Waals surface area contributed by atoms with Crippen molar-refractivity contribution in [3.8, 4) is 0 Å². The van der Waals surface area contributed by atoms with Crippen LogP contribution in [0.4, 0.5) is 4.79 Å². The third-order valence-electron chi connectivity index (χ3n) is 3.28. The van der Waals surface area contributed by atoms with Crippen molar-refractivity contribution in [2.75, 3.05) is 6.61 Å². The number of carbonyl (C=O) groups excluding carboxylic acids is 1. The van der Waals surface area contributed by atoms with Crippen molar-refractivity contribution in [1.82, 2.24) is 5.32 Å². The number of amides is 1. The maximum absolute atomic E-state index is 11.0. The molecule has 1 saturated carbocycles. The molecule has 2 fully saturated rings. The Morgan fingerprint density at radius 3 is 2.71 bits per heavy atom. The molecule has 1 heterocycles. The third-order valence-corrected chi connectivity index (χ3v) is 3.28. The Balaban J connectivity index is 1.97. The van der Waals surface area contributed by atoms with Crippen molar-refractivity contribution in [3.63, 3.8) is 0 Å². The van der Waals surface area contributed by atoms with Crippen LogP contribution in [0.2, 0.25) is 0 Å². The molecular formula is C10H17NO3. The molecule has 0 aromatic carbocycles. The maximum Gasteiger partial charge on any atom is 0.407 e. The van der Waals surface area contributed by atoms with Gasteiger partial charge in [-0.25, -0.2) is 4.79 Å². The topological polar surface area (TPSA) is 58.6 Å². The zero-order valence-corrected chi connectivity index (χ0v) is 8.24. The highest BCUT2D eigenvalue weighted by Crippen LogP contribution is 2.30. The molecule has 80 valence electrons. The van der Waals surface area contributed by atoms with Crippen LogP contribution in [0.25, 0.3) is 0 Å². The fourth-order valence-electron chi connectivity index (χ4n) is 2.54. The SMILES string of the molecule is O=C1NC(C2CCCCC2)C(CO)O1. The lowest BCUT2D eigenvalue weighted by atomic mass is 9.82. The molecule has 4 heteroatoms.